The summed E-state index contributed by atoms with van der Waals surface area (Å²) in [4.78, 5) is 17.8. The van der Waals surface area contributed by atoms with Crippen LogP contribution in [0.5, 0.6) is 0 Å². The second kappa shape index (κ2) is 13.6. The summed E-state index contributed by atoms with van der Waals surface area (Å²) in [5.41, 5.74) is 0. The number of methoxy groups -OCH3 is 1. The molecule has 0 unspecified atom stereocenters. The number of carbonyl (C=O) groups excluding carboxylic acids is 1. The summed E-state index contributed by atoms with van der Waals surface area (Å²) in [5.74, 6) is 0.715. The van der Waals surface area contributed by atoms with Crippen LogP contribution in [0.25, 0.3) is 0 Å². The molecule has 0 amide bonds. The Morgan fingerprint density at radius 1 is 1.22 bits per heavy atom. The lowest BCUT2D eigenvalue weighted by Crippen LogP contribution is -2.37. The largest absolute Gasteiger partial charge is 0.469 e. The van der Waals surface area contributed by atoms with E-state index in [1.165, 1.54) is 16.9 Å². The number of esters is 1. The number of hydrogen-bond donors (Lipinski definition) is 2. The fourth-order valence-corrected chi connectivity index (χ4v) is 2.86. The van der Waals surface area contributed by atoms with Crippen molar-refractivity contribution in [3.05, 3.63) is 21.9 Å². The standard InChI is InChI=1S/C16H27N3O2S.HI/c1-13-9-10-14(22-13)12-19-16(17-2)18-11-7-5-4-6-8-15(20)21-3;/h9-10H,4-8,11-12H2,1-3H3,(H2,17,18,19);1H. The average Bonchev–Trinajstić information content (AvgIpc) is 2.94. The molecule has 5 nitrogen and oxygen atoms in total. The van der Waals surface area contributed by atoms with Crippen molar-refractivity contribution in [3.8, 4) is 0 Å². The summed E-state index contributed by atoms with van der Waals surface area (Å²) in [6.07, 6.45) is 4.65. The van der Waals surface area contributed by atoms with Crippen LogP contribution in [-0.2, 0) is 16.1 Å². The van der Waals surface area contributed by atoms with Crippen LogP contribution in [0.3, 0.4) is 0 Å². The van der Waals surface area contributed by atoms with Crippen LogP contribution in [0.2, 0.25) is 0 Å². The van der Waals surface area contributed by atoms with Gasteiger partial charge in [0.25, 0.3) is 0 Å². The van der Waals surface area contributed by atoms with E-state index in [9.17, 15) is 4.79 Å². The smallest absolute Gasteiger partial charge is 0.305 e. The first-order valence-electron chi connectivity index (χ1n) is 7.72. The zero-order valence-corrected chi connectivity index (χ0v) is 17.3. The van der Waals surface area contributed by atoms with Crippen LogP contribution in [0, 0.1) is 6.92 Å². The Bertz CT molecular complexity index is 478. The Kier molecular flexibility index (Phi) is 13.1. The molecule has 0 aliphatic rings. The molecular weight excluding hydrogens is 425 g/mol. The second-order valence-corrected chi connectivity index (χ2v) is 6.48. The minimum Gasteiger partial charge on any atom is -0.469 e. The van der Waals surface area contributed by atoms with E-state index in [-0.39, 0.29) is 29.9 Å². The molecule has 0 spiro atoms. The van der Waals surface area contributed by atoms with Gasteiger partial charge in [0.05, 0.1) is 13.7 Å². The second-order valence-electron chi connectivity index (χ2n) is 5.11. The highest BCUT2D eigenvalue weighted by Crippen LogP contribution is 2.14. The highest BCUT2D eigenvalue weighted by molar-refractivity contribution is 14.0. The summed E-state index contributed by atoms with van der Waals surface area (Å²) in [6.45, 7) is 3.81. The van der Waals surface area contributed by atoms with E-state index in [0.29, 0.717) is 6.42 Å². The quantitative estimate of drug-likeness (QED) is 0.198. The van der Waals surface area contributed by atoms with Crippen LogP contribution in [0.4, 0.5) is 0 Å². The molecule has 1 rings (SSSR count). The first-order valence-corrected chi connectivity index (χ1v) is 8.54. The van der Waals surface area contributed by atoms with Gasteiger partial charge in [0.2, 0.25) is 0 Å². The number of halogens is 1. The zero-order valence-electron chi connectivity index (χ0n) is 14.2. The molecule has 132 valence electrons. The molecule has 7 heteroatoms. The fourth-order valence-electron chi connectivity index (χ4n) is 2.03. The first-order chi connectivity index (χ1) is 10.7. The molecule has 0 atom stereocenters. The Balaban J connectivity index is 0.00000484. The van der Waals surface area contributed by atoms with Gasteiger partial charge in [-0.1, -0.05) is 12.8 Å². The molecule has 0 aliphatic carbocycles. The number of nitrogens with one attached hydrogen (secondary N) is 2. The molecule has 0 saturated heterocycles. The number of rotatable bonds is 9. The summed E-state index contributed by atoms with van der Waals surface area (Å²) < 4.78 is 4.61. The number of carbonyl (C=O) groups is 1. The van der Waals surface area contributed by atoms with Crippen LogP contribution in [-0.4, -0.2) is 32.6 Å². The number of hydrogen-bond acceptors (Lipinski definition) is 4. The molecule has 0 saturated carbocycles. The van der Waals surface area contributed by atoms with Crippen LogP contribution >= 0.6 is 35.3 Å². The topological polar surface area (TPSA) is 62.7 Å². The van der Waals surface area contributed by atoms with Gasteiger partial charge in [0.1, 0.15) is 0 Å². The molecule has 1 aromatic rings. The summed E-state index contributed by atoms with van der Waals surface area (Å²) in [5, 5.41) is 6.62. The van der Waals surface area contributed by atoms with Gasteiger partial charge in [-0.15, -0.1) is 35.3 Å². The van der Waals surface area contributed by atoms with E-state index in [4.69, 9.17) is 0 Å². The number of ether oxygens (including phenoxy) is 1. The van der Waals surface area contributed by atoms with E-state index >= 15 is 0 Å². The molecule has 2 N–H and O–H groups in total. The van der Waals surface area contributed by atoms with Crippen molar-refractivity contribution < 1.29 is 9.53 Å². The average molecular weight is 453 g/mol. The van der Waals surface area contributed by atoms with E-state index in [0.717, 1.165) is 44.7 Å². The molecule has 1 aromatic heterocycles. The SMILES string of the molecule is CN=C(NCCCCCCC(=O)OC)NCc1ccc(C)s1.I. The van der Waals surface area contributed by atoms with Crippen LogP contribution in [0.1, 0.15) is 41.9 Å². The van der Waals surface area contributed by atoms with Gasteiger partial charge in [-0.3, -0.25) is 9.79 Å². The van der Waals surface area contributed by atoms with Crippen molar-refractivity contribution in [1.82, 2.24) is 10.6 Å². The monoisotopic (exact) mass is 453 g/mol. The Labute approximate surface area is 160 Å². The number of thiophene rings is 1. The normalized spacial score (nSPS) is 10.8. The van der Waals surface area contributed by atoms with Gasteiger partial charge in [0.15, 0.2) is 5.96 Å². The maximum absolute atomic E-state index is 11.0. The fraction of sp³-hybridized carbons (Fsp3) is 0.625. The number of aryl methyl sites for hydroxylation is 1. The number of unbranched alkanes of at least 4 members (excludes halogenated alkanes) is 3. The van der Waals surface area contributed by atoms with Gasteiger partial charge in [-0.25, -0.2) is 0 Å². The van der Waals surface area contributed by atoms with Crippen molar-refractivity contribution in [2.24, 2.45) is 4.99 Å². The maximum Gasteiger partial charge on any atom is 0.305 e. The van der Waals surface area contributed by atoms with Crippen molar-refractivity contribution >= 4 is 47.2 Å². The van der Waals surface area contributed by atoms with Gasteiger partial charge in [-0.2, -0.15) is 0 Å². The predicted molar refractivity (Wildman–Crippen MR) is 108 cm³/mol. The molecule has 0 radical (unpaired) electrons. The predicted octanol–water partition coefficient (Wildman–Crippen LogP) is 3.46. The van der Waals surface area contributed by atoms with Gasteiger partial charge < -0.3 is 15.4 Å². The zero-order chi connectivity index (χ0) is 16.2. The lowest BCUT2D eigenvalue weighted by molar-refractivity contribution is -0.140. The summed E-state index contributed by atoms with van der Waals surface area (Å²) in [6, 6.07) is 4.27. The number of aliphatic imine (C=N–C) groups is 1. The van der Waals surface area contributed by atoms with Gasteiger partial charge >= 0.3 is 5.97 Å². The lowest BCUT2D eigenvalue weighted by Gasteiger charge is -2.11. The molecule has 1 heterocycles. The van der Waals surface area contributed by atoms with Crippen LogP contribution < -0.4 is 10.6 Å². The Morgan fingerprint density at radius 2 is 1.96 bits per heavy atom. The minimum absolute atomic E-state index is 0. The third kappa shape index (κ3) is 10.5. The molecule has 0 aliphatic heterocycles. The van der Waals surface area contributed by atoms with E-state index in [1.54, 1.807) is 18.4 Å². The Hall–Kier alpha value is -0.830. The minimum atomic E-state index is -0.119. The third-order valence-electron chi connectivity index (χ3n) is 3.28. The lowest BCUT2D eigenvalue weighted by atomic mass is 10.1. The van der Waals surface area contributed by atoms with E-state index in [1.807, 2.05) is 0 Å². The molecule has 0 aromatic carbocycles. The molecular formula is C16H28IN3O2S. The van der Waals surface area contributed by atoms with Crippen molar-refractivity contribution in [2.75, 3.05) is 20.7 Å². The van der Waals surface area contributed by atoms with Crippen molar-refractivity contribution in [1.29, 1.82) is 0 Å². The van der Waals surface area contributed by atoms with Crippen LogP contribution in [0.15, 0.2) is 17.1 Å². The summed E-state index contributed by atoms with van der Waals surface area (Å²) in [7, 11) is 3.22. The molecule has 23 heavy (non-hydrogen) atoms. The van der Waals surface area contributed by atoms with E-state index < -0.39 is 0 Å². The molecule has 0 bridgehead atoms. The maximum atomic E-state index is 11.0. The number of nitrogens with zero attached hydrogens (tertiary/aromatic N) is 1. The van der Waals surface area contributed by atoms with Gasteiger partial charge in [0, 0.05) is 29.8 Å². The van der Waals surface area contributed by atoms with Gasteiger partial charge in [-0.05, 0) is 31.9 Å². The first kappa shape index (κ1) is 22.2. The number of guanidine groups is 1. The van der Waals surface area contributed by atoms with Crippen molar-refractivity contribution in [2.45, 2.75) is 45.6 Å². The Morgan fingerprint density at radius 3 is 2.57 bits per heavy atom. The third-order valence-corrected chi connectivity index (χ3v) is 4.28. The van der Waals surface area contributed by atoms with Crippen molar-refractivity contribution in [3.63, 3.8) is 0 Å². The molecule has 0 fully saturated rings. The highest BCUT2D eigenvalue weighted by Gasteiger charge is 2.01. The van der Waals surface area contributed by atoms with E-state index in [2.05, 4.69) is 39.4 Å². The highest BCUT2D eigenvalue weighted by atomic mass is 127. The summed E-state index contributed by atoms with van der Waals surface area (Å²) >= 11 is 1.80.